The minimum Gasteiger partial charge on any atom is -0.487 e. The number of urea groups is 1. The third-order valence-electron chi connectivity index (χ3n) is 7.01. The second-order valence-corrected chi connectivity index (χ2v) is 11.8. The summed E-state index contributed by atoms with van der Waals surface area (Å²) in [7, 11) is 0. The fourth-order valence-corrected chi connectivity index (χ4v) is 5.32. The molecule has 2 aliphatic rings. The SMILES string of the molecule is CC(C)(C)Oc1cc(C(=O)CC(=O)O)ccc1C1=NC(c2ccc[nH]2)C(c2ccc(Cl)cc2)N1C(=O)N1CCNC(=O)C1. The van der Waals surface area contributed by atoms with E-state index >= 15 is 0 Å². The summed E-state index contributed by atoms with van der Waals surface area (Å²) in [4.78, 5) is 62.0. The Morgan fingerprint density at radius 3 is 2.49 bits per heavy atom. The second kappa shape index (κ2) is 11.9. The van der Waals surface area contributed by atoms with Gasteiger partial charge in [-0.15, -0.1) is 0 Å². The van der Waals surface area contributed by atoms with Gasteiger partial charge in [-0.25, -0.2) is 4.79 Å². The van der Waals surface area contributed by atoms with Crippen LogP contribution in [0.3, 0.4) is 0 Å². The molecule has 2 atom stereocenters. The van der Waals surface area contributed by atoms with Gasteiger partial charge in [-0.3, -0.25) is 24.3 Å². The maximum absolute atomic E-state index is 14.4. The average Bonchev–Trinajstić information content (AvgIpc) is 3.60. The van der Waals surface area contributed by atoms with E-state index in [-0.39, 0.29) is 29.6 Å². The lowest BCUT2D eigenvalue weighted by Gasteiger charge is -2.36. The molecule has 3 amide bonds. The maximum atomic E-state index is 14.4. The van der Waals surface area contributed by atoms with Gasteiger partial charge in [0.05, 0.1) is 11.6 Å². The Morgan fingerprint density at radius 2 is 1.86 bits per heavy atom. The minimum absolute atomic E-state index is 0.114. The molecule has 1 saturated heterocycles. The van der Waals surface area contributed by atoms with Crippen LogP contribution in [0.4, 0.5) is 4.79 Å². The zero-order chi connectivity index (χ0) is 30.9. The Hall–Kier alpha value is -4.64. The zero-order valence-electron chi connectivity index (χ0n) is 24.0. The number of aromatic nitrogens is 1. The van der Waals surface area contributed by atoms with Crippen molar-refractivity contribution in [1.82, 2.24) is 20.1 Å². The van der Waals surface area contributed by atoms with Gasteiger partial charge in [-0.2, -0.15) is 0 Å². The summed E-state index contributed by atoms with van der Waals surface area (Å²) >= 11 is 6.22. The van der Waals surface area contributed by atoms with Crippen LogP contribution in [-0.2, 0) is 9.59 Å². The number of aliphatic imine (C=N–C) groups is 1. The number of rotatable bonds is 7. The second-order valence-electron chi connectivity index (χ2n) is 11.4. The van der Waals surface area contributed by atoms with Gasteiger partial charge in [-0.1, -0.05) is 29.8 Å². The van der Waals surface area contributed by atoms with E-state index in [2.05, 4.69) is 10.3 Å². The van der Waals surface area contributed by atoms with E-state index in [1.54, 1.807) is 29.3 Å². The average molecular weight is 606 g/mol. The monoisotopic (exact) mass is 605 g/mol. The third kappa shape index (κ3) is 6.56. The van der Waals surface area contributed by atoms with Crippen molar-refractivity contribution < 1.29 is 29.0 Å². The molecule has 2 aliphatic heterocycles. The summed E-state index contributed by atoms with van der Waals surface area (Å²) < 4.78 is 6.29. The van der Waals surface area contributed by atoms with E-state index in [1.807, 2.05) is 45.0 Å². The first-order chi connectivity index (χ1) is 20.4. The fraction of sp³-hybridized carbons (Fsp3) is 0.323. The molecule has 0 bridgehead atoms. The first kappa shape index (κ1) is 29.8. The molecule has 0 spiro atoms. The molecule has 2 unspecified atom stereocenters. The van der Waals surface area contributed by atoms with Crippen molar-refractivity contribution in [2.75, 3.05) is 19.6 Å². The van der Waals surface area contributed by atoms with Crippen molar-refractivity contribution in [2.45, 2.75) is 44.9 Å². The highest BCUT2D eigenvalue weighted by molar-refractivity contribution is 6.30. The number of nitrogens with one attached hydrogen (secondary N) is 2. The number of amidine groups is 1. The molecule has 0 aliphatic carbocycles. The molecule has 3 heterocycles. The predicted octanol–water partition coefficient (Wildman–Crippen LogP) is 4.60. The van der Waals surface area contributed by atoms with Gasteiger partial charge in [-0.05, 0) is 62.7 Å². The highest BCUT2D eigenvalue weighted by Crippen LogP contribution is 2.45. The molecule has 224 valence electrons. The molecular weight excluding hydrogens is 574 g/mol. The quantitative estimate of drug-likeness (QED) is 0.265. The Morgan fingerprint density at radius 1 is 1.12 bits per heavy atom. The number of Topliss-reactive ketones (excluding diaryl/α,β-unsaturated/α-hetero) is 1. The number of hydrogen-bond donors (Lipinski definition) is 3. The van der Waals surface area contributed by atoms with Crippen LogP contribution < -0.4 is 10.1 Å². The summed E-state index contributed by atoms with van der Waals surface area (Å²) in [6, 6.07) is 13.9. The van der Waals surface area contributed by atoms with Gasteiger partial charge in [0.15, 0.2) is 5.78 Å². The van der Waals surface area contributed by atoms with Gasteiger partial charge in [0.25, 0.3) is 0 Å². The molecule has 1 fully saturated rings. The molecule has 12 heteroatoms. The van der Waals surface area contributed by atoms with Crippen molar-refractivity contribution in [3.05, 3.63) is 88.2 Å². The number of carboxylic acids is 1. The van der Waals surface area contributed by atoms with Crippen molar-refractivity contribution >= 4 is 41.1 Å². The van der Waals surface area contributed by atoms with Crippen LogP contribution in [0.2, 0.25) is 5.02 Å². The number of benzene rings is 2. The molecule has 3 aromatic rings. The molecule has 3 N–H and O–H groups in total. The Kier molecular flexibility index (Phi) is 8.27. The molecule has 5 rings (SSSR count). The topological polar surface area (TPSA) is 144 Å². The smallest absolute Gasteiger partial charge is 0.326 e. The van der Waals surface area contributed by atoms with Crippen LogP contribution in [0.5, 0.6) is 5.75 Å². The van der Waals surface area contributed by atoms with Crippen molar-refractivity contribution in [1.29, 1.82) is 0 Å². The lowest BCUT2D eigenvalue weighted by atomic mass is 9.97. The number of ether oxygens (including phenoxy) is 1. The van der Waals surface area contributed by atoms with Crippen LogP contribution in [0, 0.1) is 0 Å². The Labute approximate surface area is 253 Å². The molecule has 1 aromatic heterocycles. The number of H-pyrrole nitrogens is 1. The van der Waals surface area contributed by atoms with Gasteiger partial charge >= 0.3 is 12.0 Å². The largest absolute Gasteiger partial charge is 0.487 e. The van der Waals surface area contributed by atoms with Crippen LogP contribution in [0.15, 0.2) is 65.8 Å². The van der Waals surface area contributed by atoms with E-state index in [9.17, 15) is 24.3 Å². The molecule has 43 heavy (non-hydrogen) atoms. The Balaban J connectivity index is 1.69. The van der Waals surface area contributed by atoms with Crippen LogP contribution >= 0.6 is 11.6 Å². The number of piperazine rings is 1. The van der Waals surface area contributed by atoms with Gasteiger partial charge < -0.3 is 25.0 Å². The van der Waals surface area contributed by atoms with Crippen LogP contribution in [-0.4, -0.2) is 74.7 Å². The summed E-state index contributed by atoms with van der Waals surface area (Å²) in [5.41, 5.74) is 1.41. The van der Waals surface area contributed by atoms with Crippen molar-refractivity contribution in [3.63, 3.8) is 0 Å². The number of carbonyl (C=O) groups is 4. The number of amides is 3. The maximum Gasteiger partial charge on any atom is 0.326 e. The first-order valence-corrected chi connectivity index (χ1v) is 14.2. The zero-order valence-corrected chi connectivity index (χ0v) is 24.7. The Bertz CT molecular complexity index is 1580. The lowest BCUT2D eigenvalue weighted by Crippen LogP contribution is -2.55. The van der Waals surface area contributed by atoms with E-state index in [0.717, 1.165) is 11.3 Å². The van der Waals surface area contributed by atoms with Gasteiger partial charge in [0.1, 0.15) is 36.2 Å². The third-order valence-corrected chi connectivity index (χ3v) is 7.26. The van der Waals surface area contributed by atoms with Crippen molar-refractivity contribution in [2.24, 2.45) is 4.99 Å². The number of aliphatic carboxylic acids is 1. The summed E-state index contributed by atoms with van der Waals surface area (Å²) in [6.45, 7) is 6.03. The highest BCUT2D eigenvalue weighted by Gasteiger charge is 2.45. The highest BCUT2D eigenvalue weighted by atomic mass is 35.5. The lowest BCUT2D eigenvalue weighted by molar-refractivity contribution is -0.136. The molecule has 0 radical (unpaired) electrons. The first-order valence-electron chi connectivity index (χ1n) is 13.8. The summed E-state index contributed by atoms with van der Waals surface area (Å²) in [5.74, 6) is -1.54. The number of carbonyl (C=O) groups excluding carboxylic acids is 3. The van der Waals surface area contributed by atoms with E-state index < -0.39 is 41.9 Å². The number of aromatic amines is 1. The van der Waals surface area contributed by atoms with Gasteiger partial charge in [0, 0.05) is 35.6 Å². The number of nitrogens with zero attached hydrogens (tertiary/aromatic N) is 3. The van der Waals surface area contributed by atoms with Crippen LogP contribution in [0.1, 0.15) is 66.5 Å². The predicted molar refractivity (Wildman–Crippen MR) is 159 cm³/mol. The van der Waals surface area contributed by atoms with Crippen molar-refractivity contribution in [3.8, 4) is 5.75 Å². The minimum atomic E-state index is -1.24. The normalized spacial score (nSPS) is 18.7. The molecular formula is C31H32ClN5O6. The number of ketones is 1. The summed E-state index contributed by atoms with van der Waals surface area (Å²) in [5, 5.41) is 12.5. The molecule has 11 nitrogen and oxygen atoms in total. The fourth-order valence-electron chi connectivity index (χ4n) is 5.19. The molecule has 2 aromatic carbocycles. The van der Waals surface area contributed by atoms with E-state index in [1.165, 1.54) is 17.0 Å². The number of carboxylic acid groups (broad SMARTS) is 1. The van der Waals surface area contributed by atoms with E-state index in [4.69, 9.17) is 21.3 Å². The summed E-state index contributed by atoms with van der Waals surface area (Å²) in [6.07, 6.45) is 1.10. The van der Waals surface area contributed by atoms with E-state index in [0.29, 0.717) is 23.7 Å². The number of hydrogen-bond acceptors (Lipinski definition) is 6. The number of halogens is 1. The van der Waals surface area contributed by atoms with Gasteiger partial charge in [0.2, 0.25) is 5.91 Å². The molecule has 0 saturated carbocycles. The standard InChI is InChI=1S/C31H32ClN5O6/c1-31(2,3)43-24-15-19(23(38)16-26(40)41)8-11-21(24)29-35-27(22-5-4-12-33-22)28(18-6-9-20(32)10-7-18)37(29)30(42)36-14-13-34-25(39)17-36/h4-12,15,27-28,33H,13-14,16-17H2,1-3H3,(H,34,39)(H,40,41). The van der Waals surface area contributed by atoms with Crippen LogP contribution in [0.25, 0.3) is 0 Å².